The lowest BCUT2D eigenvalue weighted by molar-refractivity contribution is 0.0949. The number of aromatic nitrogens is 4. The molecule has 2 aromatic heterocycles. The zero-order valence-electron chi connectivity index (χ0n) is 11.4. The fourth-order valence-corrected chi connectivity index (χ4v) is 3.20. The van der Waals surface area contributed by atoms with Gasteiger partial charge in [-0.25, -0.2) is 4.68 Å². The van der Waals surface area contributed by atoms with E-state index < -0.39 is 0 Å². The second-order valence-electron chi connectivity index (χ2n) is 5.30. The summed E-state index contributed by atoms with van der Waals surface area (Å²) in [4.78, 5) is 12.0. The van der Waals surface area contributed by atoms with E-state index in [0.29, 0.717) is 17.5 Å². The van der Waals surface area contributed by atoms with E-state index in [0.717, 1.165) is 49.0 Å². The van der Waals surface area contributed by atoms with E-state index in [1.54, 1.807) is 0 Å². The predicted octanol–water partition coefficient (Wildman–Crippen LogP) is 1.32. The van der Waals surface area contributed by atoms with Crippen LogP contribution in [0.1, 0.15) is 45.7 Å². The summed E-state index contributed by atoms with van der Waals surface area (Å²) in [5, 5.41) is 16.7. The Morgan fingerprint density at radius 2 is 2.38 bits per heavy atom. The number of hydrogen-bond donors (Lipinski definition) is 1. The maximum absolute atomic E-state index is 12.0. The van der Waals surface area contributed by atoms with Gasteiger partial charge in [0, 0.05) is 24.9 Å². The van der Waals surface area contributed by atoms with Crippen molar-refractivity contribution in [3.63, 3.8) is 0 Å². The van der Waals surface area contributed by atoms with Crippen molar-refractivity contribution in [2.75, 3.05) is 6.61 Å². The van der Waals surface area contributed by atoms with E-state index >= 15 is 0 Å². The number of amides is 1. The molecule has 1 aliphatic carbocycles. The van der Waals surface area contributed by atoms with Crippen LogP contribution in [0.3, 0.4) is 0 Å². The first-order valence-corrected chi connectivity index (χ1v) is 7.92. The average Bonchev–Trinajstić information content (AvgIpc) is 3.09. The number of ether oxygens (including phenoxy) is 1. The Labute approximate surface area is 125 Å². The minimum atomic E-state index is -0.189. The normalized spacial score (nSPS) is 17.1. The van der Waals surface area contributed by atoms with Crippen molar-refractivity contribution in [2.45, 2.75) is 38.3 Å². The third kappa shape index (κ3) is 2.63. The lowest BCUT2D eigenvalue weighted by Crippen LogP contribution is -2.23. The molecule has 2 aliphatic rings. The molecule has 0 bridgehead atoms. The van der Waals surface area contributed by atoms with Crippen molar-refractivity contribution in [3.05, 3.63) is 21.8 Å². The van der Waals surface area contributed by atoms with Gasteiger partial charge >= 0.3 is 0 Å². The van der Waals surface area contributed by atoms with Gasteiger partial charge in [-0.2, -0.15) is 5.10 Å². The molecule has 1 N–H and O–H groups in total. The van der Waals surface area contributed by atoms with Gasteiger partial charge in [0.2, 0.25) is 10.9 Å². The molecule has 0 unspecified atom stereocenters. The van der Waals surface area contributed by atoms with E-state index in [4.69, 9.17) is 4.74 Å². The number of carbonyl (C=O) groups excluding carboxylic acids is 1. The van der Waals surface area contributed by atoms with Gasteiger partial charge in [-0.3, -0.25) is 4.79 Å². The van der Waals surface area contributed by atoms with Crippen LogP contribution in [0.2, 0.25) is 0 Å². The quantitative estimate of drug-likeness (QED) is 0.921. The molecule has 7 nitrogen and oxygen atoms in total. The fraction of sp³-hybridized carbons (Fsp3) is 0.538. The number of nitrogens with one attached hydrogen (secondary N) is 1. The molecule has 2 aromatic rings. The SMILES string of the molecule is O=C(NCc1cc2n(n1)CCCO2)c1nnc(C2CC2)s1. The number of hydrogen-bond acceptors (Lipinski definition) is 6. The maximum atomic E-state index is 12.0. The summed E-state index contributed by atoms with van der Waals surface area (Å²) in [6.45, 7) is 1.97. The highest BCUT2D eigenvalue weighted by Gasteiger charge is 2.28. The fourth-order valence-electron chi connectivity index (χ4n) is 2.27. The van der Waals surface area contributed by atoms with Gasteiger partial charge in [-0.05, 0) is 12.8 Å². The summed E-state index contributed by atoms with van der Waals surface area (Å²) in [7, 11) is 0. The molecule has 0 saturated heterocycles. The topological polar surface area (TPSA) is 81.9 Å². The number of carbonyl (C=O) groups is 1. The Morgan fingerprint density at radius 1 is 1.48 bits per heavy atom. The van der Waals surface area contributed by atoms with Gasteiger partial charge in [0.25, 0.3) is 5.91 Å². The molecule has 21 heavy (non-hydrogen) atoms. The molecule has 1 amide bonds. The largest absolute Gasteiger partial charge is 0.478 e. The smallest absolute Gasteiger partial charge is 0.282 e. The maximum Gasteiger partial charge on any atom is 0.282 e. The lowest BCUT2D eigenvalue weighted by atomic mass is 10.4. The molecular formula is C13H15N5O2S. The zero-order chi connectivity index (χ0) is 14.2. The van der Waals surface area contributed by atoms with Crippen LogP contribution in [0, 0.1) is 0 Å². The van der Waals surface area contributed by atoms with Gasteiger partial charge < -0.3 is 10.1 Å². The number of fused-ring (bicyclic) bond motifs is 1. The van der Waals surface area contributed by atoms with Crippen LogP contribution in [0.15, 0.2) is 6.07 Å². The van der Waals surface area contributed by atoms with Crippen LogP contribution >= 0.6 is 11.3 Å². The molecule has 1 saturated carbocycles. The highest BCUT2D eigenvalue weighted by molar-refractivity contribution is 7.13. The zero-order valence-corrected chi connectivity index (χ0v) is 12.2. The Morgan fingerprint density at radius 3 is 3.19 bits per heavy atom. The minimum absolute atomic E-state index is 0.189. The lowest BCUT2D eigenvalue weighted by Gasteiger charge is -2.13. The van der Waals surface area contributed by atoms with Gasteiger partial charge in [0.05, 0.1) is 18.8 Å². The van der Waals surface area contributed by atoms with Crippen LogP contribution in [0.25, 0.3) is 0 Å². The Kier molecular flexibility index (Phi) is 3.10. The average molecular weight is 305 g/mol. The van der Waals surface area contributed by atoms with Crippen molar-refractivity contribution < 1.29 is 9.53 Å². The molecule has 0 radical (unpaired) electrons. The summed E-state index contributed by atoms with van der Waals surface area (Å²) in [6, 6.07) is 1.87. The first kappa shape index (κ1) is 12.8. The van der Waals surface area contributed by atoms with Crippen molar-refractivity contribution in [2.24, 2.45) is 0 Å². The van der Waals surface area contributed by atoms with Crippen molar-refractivity contribution in [1.29, 1.82) is 0 Å². The second kappa shape index (κ2) is 5.10. The first-order valence-electron chi connectivity index (χ1n) is 7.11. The molecule has 1 fully saturated rings. The summed E-state index contributed by atoms with van der Waals surface area (Å²) in [5.74, 6) is 1.12. The summed E-state index contributed by atoms with van der Waals surface area (Å²) < 4.78 is 7.33. The van der Waals surface area contributed by atoms with Crippen molar-refractivity contribution >= 4 is 17.2 Å². The highest BCUT2D eigenvalue weighted by atomic mass is 32.1. The van der Waals surface area contributed by atoms with E-state index in [9.17, 15) is 4.79 Å². The second-order valence-corrected chi connectivity index (χ2v) is 6.31. The molecule has 0 aromatic carbocycles. The first-order chi connectivity index (χ1) is 10.3. The molecule has 1 aliphatic heterocycles. The van der Waals surface area contributed by atoms with Crippen LogP contribution in [0.5, 0.6) is 5.88 Å². The molecular weight excluding hydrogens is 290 g/mol. The van der Waals surface area contributed by atoms with E-state index in [2.05, 4.69) is 20.6 Å². The molecule has 0 atom stereocenters. The van der Waals surface area contributed by atoms with E-state index in [-0.39, 0.29) is 5.91 Å². The van der Waals surface area contributed by atoms with Crippen molar-refractivity contribution in [3.8, 4) is 5.88 Å². The summed E-state index contributed by atoms with van der Waals surface area (Å²) in [5.41, 5.74) is 0.798. The number of aryl methyl sites for hydroxylation is 1. The van der Waals surface area contributed by atoms with Gasteiger partial charge in [-0.15, -0.1) is 10.2 Å². The molecule has 110 valence electrons. The molecule has 0 spiro atoms. The van der Waals surface area contributed by atoms with Crippen LogP contribution in [-0.4, -0.2) is 32.5 Å². The van der Waals surface area contributed by atoms with Crippen molar-refractivity contribution in [1.82, 2.24) is 25.3 Å². The molecule has 4 rings (SSSR count). The summed E-state index contributed by atoms with van der Waals surface area (Å²) in [6.07, 6.45) is 3.29. The van der Waals surface area contributed by atoms with Gasteiger partial charge in [0.1, 0.15) is 5.01 Å². The molecule has 3 heterocycles. The van der Waals surface area contributed by atoms with Gasteiger partial charge in [0.15, 0.2) is 0 Å². The van der Waals surface area contributed by atoms with E-state index in [1.165, 1.54) is 11.3 Å². The minimum Gasteiger partial charge on any atom is -0.478 e. The number of rotatable bonds is 4. The van der Waals surface area contributed by atoms with Gasteiger partial charge in [-0.1, -0.05) is 11.3 Å². The number of nitrogens with zero attached hydrogens (tertiary/aromatic N) is 4. The standard InChI is InChI=1S/C13H15N5O2S/c19-11(13-16-15-12(21-13)8-2-3-8)14-7-9-6-10-18(17-9)4-1-5-20-10/h6,8H,1-5,7H2,(H,14,19). The van der Waals surface area contributed by atoms with E-state index in [1.807, 2.05) is 10.7 Å². The Bertz CT molecular complexity index is 652. The highest BCUT2D eigenvalue weighted by Crippen LogP contribution is 2.41. The van der Waals surface area contributed by atoms with Crippen LogP contribution in [0.4, 0.5) is 0 Å². The Hall–Kier alpha value is -1.96. The monoisotopic (exact) mass is 305 g/mol. The summed E-state index contributed by atoms with van der Waals surface area (Å²) >= 11 is 1.39. The van der Waals surface area contributed by atoms with Crippen LogP contribution < -0.4 is 10.1 Å². The third-order valence-corrected chi connectivity index (χ3v) is 4.63. The molecule has 8 heteroatoms. The van der Waals surface area contributed by atoms with Crippen LogP contribution in [-0.2, 0) is 13.1 Å². The Balaban J connectivity index is 1.38. The third-order valence-electron chi connectivity index (χ3n) is 3.55. The predicted molar refractivity (Wildman–Crippen MR) is 75.4 cm³/mol.